The van der Waals surface area contributed by atoms with Crippen LogP contribution in [0.4, 0.5) is 11.6 Å². The number of nitrogens with one attached hydrogen (secondary N) is 3. The number of benzene rings is 2. The van der Waals surface area contributed by atoms with Crippen LogP contribution in [0.25, 0.3) is 11.0 Å². The van der Waals surface area contributed by atoms with E-state index >= 15 is 0 Å². The third-order valence-electron chi connectivity index (χ3n) is 4.94. The molecule has 2 aliphatic rings. The maximum Gasteiger partial charge on any atom is 0.258 e. The lowest BCUT2D eigenvalue weighted by Gasteiger charge is -2.11. The molecule has 3 aromatic rings. The van der Waals surface area contributed by atoms with Crippen molar-refractivity contribution in [3.8, 4) is 0 Å². The van der Waals surface area contributed by atoms with E-state index < -0.39 is 0 Å². The third-order valence-corrected chi connectivity index (χ3v) is 4.94. The van der Waals surface area contributed by atoms with Crippen LogP contribution in [0.3, 0.4) is 0 Å². The van der Waals surface area contributed by atoms with Gasteiger partial charge in [-0.15, -0.1) is 0 Å². The van der Waals surface area contributed by atoms with Crippen molar-refractivity contribution in [3.63, 3.8) is 0 Å². The van der Waals surface area contributed by atoms with E-state index in [0.717, 1.165) is 23.9 Å². The molecule has 2 aromatic carbocycles. The van der Waals surface area contributed by atoms with E-state index in [1.165, 1.54) is 12.1 Å². The van der Waals surface area contributed by atoms with Crippen molar-refractivity contribution in [3.05, 3.63) is 53.6 Å². The van der Waals surface area contributed by atoms with Gasteiger partial charge in [0.25, 0.3) is 11.8 Å². The predicted octanol–water partition coefficient (Wildman–Crippen LogP) is 2.31. The molecule has 1 aliphatic heterocycles. The Bertz CT molecular complexity index is 1150. The van der Waals surface area contributed by atoms with Gasteiger partial charge in [0.15, 0.2) is 0 Å². The number of carbonyl (C=O) groups excluding carboxylic acids is 3. The van der Waals surface area contributed by atoms with Crippen LogP contribution in [0.15, 0.2) is 42.5 Å². The molecular formula is C20H17N5O3. The van der Waals surface area contributed by atoms with Crippen LogP contribution in [0, 0.1) is 0 Å². The lowest BCUT2D eigenvalue weighted by Crippen LogP contribution is -2.28. The van der Waals surface area contributed by atoms with Crippen molar-refractivity contribution in [1.82, 2.24) is 14.9 Å². The predicted molar refractivity (Wildman–Crippen MR) is 103 cm³/mol. The van der Waals surface area contributed by atoms with Gasteiger partial charge in [-0.2, -0.15) is 0 Å². The van der Waals surface area contributed by atoms with Gasteiger partial charge in [-0.3, -0.25) is 19.7 Å². The second-order valence-electron chi connectivity index (χ2n) is 6.97. The summed E-state index contributed by atoms with van der Waals surface area (Å²) >= 11 is 0. The van der Waals surface area contributed by atoms with Crippen molar-refractivity contribution < 1.29 is 14.4 Å². The van der Waals surface area contributed by atoms with Crippen LogP contribution in [0.5, 0.6) is 0 Å². The molecule has 0 saturated heterocycles. The molecular weight excluding hydrogens is 358 g/mol. The summed E-state index contributed by atoms with van der Waals surface area (Å²) in [6.07, 6.45) is 2.12. The lowest BCUT2D eigenvalue weighted by atomic mass is 10.1. The molecule has 8 heteroatoms. The zero-order valence-corrected chi connectivity index (χ0v) is 14.9. The summed E-state index contributed by atoms with van der Waals surface area (Å²) in [5.41, 5.74) is 2.81. The molecule has 3 N–H and O–H groups in total. The summed E-state index contributed by atoms with van der Waals surface area (Å²) in [6.45, 7) is -0.0968. The monoisotopic (exact) mass is 375 g/mol. The first-order chi connectivity index (χ1) is 13.6. The van der Waals surface area contributed by atoms with Gasteiger partial charge in [-0.1, -0.05) is 12.1 Å². The highest BCUT2D eigenvalue weighted by atomic mass is 16.2. The van der Waals surface area contributed by atoms with E-state index in [9.17, 15) is 14.4 Å². The fourth-order valence-corrected chi connectivity index (χ4v) is 3.45. The average molecular weight is 375 g/mol. The Morgan fingerprint density at radius 1 is 1.14 bits per heavy atom. The SMILES string of the molecule is O=C1CNC(=O)c2ccc(C(=O)Nc3nc4ccccc4n3C3CC3)cc2N1. The van der Waals surface area contributed by atoms with Crippen molar-refractivity contribution in [2.75, 3.05) is 17.2 Å². The van der Waals surface area contributed by atoms with Crippen LogP contribution in [0.1, 0.15) is 39.6 Å². The van der Waals surface area contributed by atoms with Gasteiger partial charge in [-0.25, -0.2) is 4.98 Å². The molecule has 1 fully saturated rings. The van der Waals surface area contributed by atoms with E-state index in [1.807, 2.05) is 24.3 Å². The number of rotatable bonds is 3. The summed E-state index contributed by atoms with van der Waals surface area (Å²) in [5.74, 6) is -0.527. The molecule has 3 amide bonds. The molecule has 0 spiro atoms. The Balaban J connectivity index is 1.48. The van der Waals surface area contributed by atoms with Gasteiger partial charge in [-0.05, 0) is 43.2 Å². The number of imidazole rings is 1. The third kappa shape index (κ3) is 2.79. The van der Waals surface area contributed by atoms with Gasteiger partial charge >= 0.3 is 0 Å². The Hall–Kier alpha value is -3.68. The van der Waals surface area contributed by atoms with Gasteiger partial charge in [0.05, 0.1) is 28.8 Å². The minimum Gasteiger partial charge on any atom is -0.343 e. The molecule has 0 atom stereocenters. The number of anilines is 2. The zero-order chi connectivity index (χ0) is 19.3. The number of amides is 3. The number of nitrogens with zero attached hydrogens (tertiary/aromatic N) is 2. The summed E-state index contributed by atoms with van der Waals surface area (Å²) in [7, 11) is 0. The molecule has 0 radical (unpaired) electrons. The van der Waals surface area contributed by atoms with Crippen LogP contribution in [-0.2, 0) is 4.79 Å². The van der Waals surface area contributed by atoms with E-state index in [2.05, 4.69) is 25.5 Å². The minimum absolute atomic E-state index is 0.0968. The molecule has 1 aromatic heterocycles. The first-order valence-corrected chi connectivity index (χ1v) is 9.10. The van der Waals surface area contributed by atoms with Crippen LogP contribution in [0.2, 0.25) is 0 Å². The molecule has 0 bridgehead atoms. The minimum atomic E-state index is -0.351. The fourth-order valence-electron chi connectivity index (χ4n) is 3.45. The standard InChI is InChI=1S/C20H17N5O3/c26-17-10-21-19(28)13-8-5-11(9-15(13)22-17)18(27)24-20-23-14-3-1-2-4-16(14)25(20)12-6-7-12/h1-5,8-9,12H,6-7,10H2,(H,21,28)(H,22,26)(H,23,24,27). The fraction of sp³-hybridized carbons (Fsp3) is 0.200. The first-order valence-electron chi connectivity index (χ1n) is 9.10. The average Bonchev–Trinajstić information content (AvgIpc) is 3.48. The van der Waals surface area contributed by atoms with Crippen molar-refractivity contribution >= 4 is 40.4 Å². The largest absolute Gasteiger partial charge is 0.343 e. The van der Waals surface area contributed by atoms with E-state index in [1.54, 1.807) is 6.07 Å². The van der Waals surface area contributed by atoms with Gasteiger partial charge in [0, 0.05) is 11.6 Å². The Morgan fingerprint density at radius 3 is 2.79 bits per heavy atom. The molecule has 1 aliphatic carbocycles. The molecule has 1 saturated carbocycles. The zero-order valence-electron chi connectivity index (χ0n) is 14.9. The normalized spacial score (nSPS) is 16.1. The topological polar surface area (TPSA) is 105 Å². The van der Waals surface area contributed by atoms with Crippen LogP contribution in [-0.4, -0.2) is 33.8 Å². The van der Waals surface area contributed by atoms with Gasteiger partial charge in [0.1, 0.15) is 0 Å². The molecule has 0 unspecified atom stereocenters. The summed E-state index contributed by atoms with van der Waals surface area (Å²) < 4.78 is 2.06. The Labute approximate surface area is 159 Å². The number of para-hydroxylation sites is 2. The highest BCUT2D eigenvalue weighted by molar-refractivity contribution is 6.11. The maximum atomic E-state index is 12.8. The molecule has 28 heavy (non-hydrogen) atoms. The van der Waals surface area contributed by atoms with E-state index in [4.69, 9.17) is 0 Å². The van der Waals surface area contributed by atoms with Gasteiger partial charge < -0.3 is 15.2 Å². The Kier molecular flexibility index (Phi) is 3.65. The second kappa shape index (κ2) is 6.19. The highest BCUT2D eigenvalue weighted by Crippen LogP contribution is 2.40. The summed E-state index contributed by atoms with van der Waals surface area (Å²) in [4.78, 5) is 41.2. The maximum absolute atomic E-state index is 12.8. The van der Waals surface area contributed by atoms with Crippen molar-refractivity contribution in [2.45, 2.75) is 18.9 Å². The smallest absolute Gasteiger partial charge is 0.258 e. The van der Waals surface area contributed by atoms with Crippen LogP contribution >= 0.6 is 0 Å². The van der Waals surface area contributed by atoms with Crippen molar-refractivity contribution in [2.24, 2.45) is 0 Å². The number of carbonyl (C=O) groups is 3. The molecule has 5 rings (SSSR count). The number of hydrogen-bond donors (Lipinski definition) is 3. The van der Waals surface area contributed by atoms with Crippen molar-refractivity contribution in [1.29, 1.82) is 0 Å². The molecule has 8 nitrogen and oxygen atoms in total. The first kappa shape index (κ1) is 16.5. The highest BCUT2D eigenvalue weighted by Gasteiger charge is 2.29. The van der Waals surface area contributed by atoms with E-state index in [0.29, 0.717) is 28.8 Å². The number of hydrogen-bond acceptors (Lipinski definition) is 4. The molecule has 140 valence electrons. The molecule has 2 heterocycles. The second-order valence-corrected chi connectivity index (χ2v) is 6.97. The van der Waals surface area contributed by atoms with E-state index in [-0.39, 0.29) is 24.3 Å². The summed E-state index contributed by atoms with van der Waals surface area (Å²) in [6, 6.07) is 12.7. The quantitative estimate of drug-likeness (QED) is 0.653. The number of aromatic nitrogens is 2. The lowest BCUT2D eigenvalue weighted by molar-refractivity contribution is -0.115. The Morgan fingerprint density at radius 2 is 1.96 bits per heavy atom. The van der Waals surface area contributed by atoms with Gasteiger partial charge in [0.2, 0.25) is 11.9 Å². The summed E-state index contributed by atoms with van der Waals surface area (Å²) in [5, 5.41) is 8.05. The van der Waals surface area contributed by atoms with Crippen LogP contribution < -0.4 is 16.0 Å². The number of fused-ring (bicyclic) bond motifs is 2.